The Kier molecular flexibility index (Phi) is 6.61. The summed E-state index contributed by atoms with van der Waals surface area (Å²) in [6.45, 7) is 2.51. The van der Waals surface area contributed by atoms with Gasteiger partial charge in [-0.05, 0) is 30.7 Å². The maximum absolute atomic E-state index is 13.0. The van der Waals surface area contributed by atoms with Crippen molar-refractivity contribution < 1.29 is 23.1 Å². The van der Waals surface area contributed by atoms with Gasteiger partial charge in [-0.1, -0.05) is 30.3 Å². The highest BCUT2D eigenvalue weighted by Gasteiger charge is 2.25. The summed E-state index contributed by atoms with van der Waals surface area (Å²) < 4.78 is 24.0. The molecule has 0 saturated carbocycles. The Morgan fingerprint density at radius 3 is 2.55 bits per heavy atom. The van der Waals surface area contributed by atoms with Crippen molar-refractivity contribution in [2.45, 2.75) is 20.1 Å². The first kappa shape index (κ1) is 20.5. The lowest BCUT2D eigenvalue weighted by molar-refractivity contribution is -0.121. The molecule has 2 aromatic carbocycles. The van der Waals surface area contributed by atoms with Gasteiger partial charge in [-0.3, -0.25) is 9.59 Å². The molecule has 0 fully saturated rings. The van der Waals surface area contributed by atoms with Crippen LogP contribution < -0.4 is 5.32 Å². The van der Waals surface area contributed by atoms with E-state index in [1.807, 2.05) is 18.2 Å². The standard InChI is InChI=1S/C22H23FN2O4/c1-3-25(13-20(26)24-12-15-8-10-16(23)11-9-15)22(27)21-18(14-28-2)17-6-4-5-7-19(17)29-21/h4-11H,3,12-14H2,1-2H3,(H,24,26). The molecule has 3 rings (SSSR count). The van der Waals surface area contributed by atoms with E-state index in [2.05, 4.69) is 5.32 Å². The van der Waals surface area contributed by atoms with Gasteiger partial charge in [-0.15, -0.1) is 0 Å². The van der Waals surface area contributed by atoms with E-state index in [4.69, 9.17) is 9.15 Å². The number of benzene rings is 2. The predicted octanol–water partition coefficient (Wildman–Crippen LogP) is 3.50. The number of likely N-dealkylation sites (N-methyl/N-ethyl adjacent to an activating group) is 1. The second kappa shape index (κ2) is 9.34. The third-order valence-corrected chi connectivity index (χ3v) is 4.59. The van der Waals surface area contributed by atoms with Crippen molar-refractivity contribution in [2.75, 3.05) is 20.2 Å². The molecule has 6 nitrogen and oxygen atoms in total. The number of methoxy groups -OCH3 is 1. The molecule has 2 amide bonds. The Morgan fingerprint density at radius 2 is 1.86 bits per heavy atom. The average Bonchev–Trinajstić information content (AvgIpc) is 3.10. The second-order valence-corrected chi connectivity index (χ2v) is 6.56. The predicted molar refractivity (Wildman–Crippen MR) is 107 cm³/mol. The molecule has 152 valence electrons. The fraction of sp³-hybridized carbons (Fsp3) is 0.273. The van der Waals surface area contributed by atoms with E-state index in [0.717, 1.165) is 10.9 Å². The lowest BCUT2D eigenvalue weighted by Crippen LogP contribution is -2.40. The number of para-hydroxylation sites is 1. The summed E-state index contributed by atoms with van der Waals surface area (Å²) in [5.74, 6) is -0.830. The van der Waals surface area contributed by atoms with Gasteiger partial charge in [0.2, 0.25) is 5.91 Å². The van der Waals surface area contributed by atoms with Crippen LogP contribution in [0.3, 0.4) is 0 Å². The van der Waals surface area contributed by atoms with Gasteiger partial charge < -0.3 is 19.4 Å². The first-order valence-electron chi connectivity index (χ1n) is 9.33. The van der Waals surface area contributed by atoms with Crippen LogP contribution in [0.2, 0.25) is 0 Å². The maximum Gasteiger partial charge on any atom is 0.290 e. The minimum Gasteiger partial charge on any atom is -0.451 e. The molecule has 0 bridgehead atoms. The van der Waals surface area contributed by atoms with Gasteiger partial charge in [-0.2, -0.15) is 0 Å². The molecular formula is C22H23FN2O4. The fourth-order valence-electron chi connectivity index (χ4n) is 3.06. The van der Waals surface area contributed by atoms with Crippen LogP contribution in [-0.2, 0) is 22.7 Å². The minimum atomic E-state index is -0.368. The molecule has 1 N–H and O–H groups in total. The molecule has 0 atom stereocenters. The van der Waals surface area contributed by atoms with Crippen molar-refractivity contribution in [1.82, 2.24) is 10.2 Å². The minimum absolute atomic E-state index is 0.111. The number of carbonyl (C=O) groups excluding carboxylic acids is 2. The van der Waals surface area contributed by atoms with Gasteiger partial charge in [0, 0.05) is 31.1 Å². The molecule has 0 saturated heterocycles. The van der Waals surface area contributed by atoms with Gasteiger partial charge in [-0.25, -0.2) is 4.39 Å². The van der Waals surface area contributed by atoms with Crippen LogP contribution in [0.15, 0.2) is 52.9 Å². The summed E-state index contributed by atoms with van der Waals surface area (Å²) in [5, 5.41) is 3.56. The van der Waals surface area contributed by atoms with E-state index < -0.39 is 0 Å². The molecule has 29 heavy (non-hydrogen) atoms. The van der Waals surface area contributed by atoms with E-state index in [9.17, 15) is 14.0 Å². The molecule has 7 heteroatoms. The number of halogens is 1. The zero-order valence-corrected chi connectivity index (χ0v) is 16.4. The summed E-state index contributed by atoms with van der Waals surface area (Å²) in [7, 11) is 1.55. The van der Waals surface area contributed by atoms with Gasteiger partial charge in [0.1, 0.15) is 11.4 Å². The molecule has 0 aliphatic carbocycles. The highest BCUT2D eigenvalue weighted by Crippen LogP contribution is 2.27. The molecule has 3 aromatic rings. The van der Waals surface area contributed by atoms with Crippen LogP contribution in [0.5, 0.6) is 0 Å². The lowest BCUT2D eigenvalue weighted by atomic mass is 10.1. The van der Waals surface area contributed by atoms with Crippen LogP contribution in [0.4, 0.5) is 4.39 Å². The van der Waals surface area contributed by atoms with Crippen molar-refractivity contribution >= 4 is 22.8 Å². The summed E-state index contributed by atoms with van der Waals surface area (Å²) >= 11 is 0. The number of hydrogen-bond acceptors (Lipinski definition) is 4. The van der Waals surface area contributed by atoms with E-state index in [-0.39, 0.29) is 43.1 Å². The van der Waals surface area contributed by atoms with E-state index in [1.54, 1.807) is 32.2 Å². The van der Waals surface area contributed by atoms with Crippen molar-refractivity contribution in [3.05, 3.63) is 71.2 Å². The summed E-state index contributed by atoms with van der Waals surface area (Å²) in [4.78, 5) is 26.8. The lowest BCUT2D eigenvalue weighted by Gasteiger charge is -2.19. The normalized spacial score (nSPS) is 10.9. The molecule has 0 aliphatic heterocycles. The third-order valence-electron chi connectivity index (χ3n) is 4.59. The largest absolute Gasteiger partial charge is 0.451 e. The number of hydrogen-bond donors (Lipinski definition) is 1. The van der Waals surface area contributed by atoms with Gasteiger partial charge in [0.15, 0.2) is 5.76 Å². The molecule has 0 radical (unpaired) electrons. The van der Waals surface area contributed by atoms with Crippen LogP contribution in [-0.4, -0.2) is 36.9 Å². The van der Waals surface area contributed by atoms with Gasteiger partial charge >= 0.3 is 0 Å². The van der Waals surface area contributed by atoms with E-state index in [1.165, 1.54) is 17.0 Å². The first-order valence-corrected chi connectivity index (χ1v) is 9.33. The van der Waals surface area contributed by atoms with Crippen LogP contribution in [0.1, 0.15) is 28.6 Å². The zero-order valence-electron chi connectivity index (χ0n) is 16.4. The number of nitrogens with one attached hydrogen (secondary N) is 1. The number of fused-ring (bicyclic) bond motifs is 1. The van der Waals surface area contributed by atoms with Crippen molar-refractivity contribution in [2.24, 2.45) is 0 Å². The smallest absolute Gasteiger partial charge is 0.290 e. The summed E-state index contributed by atoms with van der Waals surface area (Å²) in [6, 6.07) is 13.2. The number of nitrogens with zero attached hydrogens (tertiary/aromatic N) is 1. The average molecular weight is 398 g/mol. The quantitative estimate of drug-likeness (QED) is 0.630. The molecule has 1 heterocycles. The molecule has 0 unspecified atom stereocenters. The van der Waals surface area contributed by atoms with Crippen molar-refractivity contribution in [3.63, 3.8) is 0 Å². The van der Waals surface area contributed by atoms with Crippen molar-refractivity contribution in [3.8, 4) is 0 Å². The number of ether oxygens (including phenoxy) is 1. The first-order chi connectivity index (χ1) is 14.0. The highest BCUT2D eigenvalue weighted by molar-refractivity contribution is 6.00. The fourth-order valence-corrected chi connectivity index (χ4v) is 3.06. The molecule has 0 spiro atoms. The van der Waals surface area contributed by atoms with Crippen LogP contribution in [0.25, 0.3) is 11.0 Å². The van der Waals surface area contributed by atoms with E-state index in [0.29, 0.717) is 17.7 Å². The molecule has 1 aromatic heterocycles. The van der Waals surface area contributed by atoms with Crippen LogP contribution >= 0.6 is 0 Å². The number of furan rings is 1. The molecule has 0 aliphatic rings. The topological polar surface area (TPSA) is 71.8 Å². The van der Waals surface area contributed by atoms with E-state index >= 15 is 0 Å². The van der Waals surface area contributed by atoms with Crippen molar-refractivity contribution in [1.29, 1.82) is 0 Å². The maximum atomic E-state index is 13.0. The Bertz CT molecular complexity index is 998. The highest BCUT2D eigenvalue weighted by atomic mass is 19.1. The SMILES string of the molecule is CCN(CC(=O)NCc1ccc(F)cc1)C(=O)c1oc2ccccc2c1COC. The van der Waals surface area contributed by atoms with Crippen LogP contribution in [0, 0.1) is 5.82 Å². The second-order valence-electron chi connectivity index (χ2n) is 6.56. The number of amides is 2. The Hall–Kier alpha value is -3.19. The Balaban J connectivity index is 1.71. The molecular weight excluding hydrogens is 375 g/mol. The van der Waals surface area contributed by atoms with Gasteiger partial charge in [0.25, 0.3) is 5.91 Å². The van der Waals surface area contributed by atoms with Gasteiger partial charge in [0.05, 0.1) is 13.2 Å². The summed E-state index contributed by atoms with van der Waals surface area (Å²) in [5.41, 5.74) is 2.03. The monoisotopic (exact) mass is 398 g/mol. The number of carbonyl (C=O) groups is 2. The Labute approximate surface area is 168 Å². The number of rotatable bonds is 8. The Morgan fingerprint density at radius 1 is 1.14 bits per heavy atom. The third kappa shape index (κ3) is 4.81. The zero-order chi connectivity index (χ0) is 20.8. The summed E-state index contributed by atoms with van der Waals surface area (Å²) in [6.07, 6.45) is 0.